The average Bonchev–Trinajstić information content (AvgIpc) is 2.70. The Morgan fingerprint density at radius 1 is 1.10 bits per heavy atom. The third-order valence-corrected chi connectivity index (χ3v) is 4.78. The molecule has 0 saturated heterocycles. The van der Waals surface area contributed by atoms with Crippen LogP contribution in [0.25, 0.3) is 10.9 Å². The van der Waals surface area contributed by atoms with Gasteiger partial charge in [-0.25, -0.2) is 4.98 Å². The van der Waals surface area contributed by atoms with Crippen molar-refractivity contribution in [3.8, 4) is 5.75 Å². The number of benzene rings is 2. The molecule has 3 aromatic rings. The average molecular weight is 393 g/mol. The van der Waals surface area contributed by atoms with Gasteiger partial charge in [-0.3, -0.25) is 9.59 Å². The molecular weight excluding hydrogens is 366 g/mol. The first kappa shape index (κ1) is 20.6. The van der Waals surface area contributed by atoms with Crippen LogP contribution in [0, 0.1) is 0 Å². The van der Waals surface area contributed by atoms with Gasteiger partial charge in [0.1, 0.15) is 11.6 Å². The van der Waals surface area contributed by atoms with E-state index in [9.17, 15) is 9.59 Å². The van der Waals surface area contributed by atoms with E-state index in [1.54, 1.807) is 23.1 Å². The number of nitrogens with zero attached hydrogens (tertiary/aromatic N) is 2. The largest absolute Gasteiger partial charge is 0.483 e. The first-order chi connectivity index (χ1) is 13.8. The lowest BCUT2D eigenvalue weighted by Gasteiger charge is -2.24. The second-order valence-electron chi connectivity index (χ2n) is 7.97. The molecule has 0 aliphatic rings. The van der Waals surface area contributed by atoms with Gasteiger partial charge in [0.15, 0.2) is 6.61 Å². The van der Waals surface area contributed by atoms with Crippen molar-refractivity contribution in [2.24, 2.45) is 0 Å². The summed E-state index contributed by atoms with van der Waals surface area (Å²) in [5.41, 5.74) is 1.38. The zero-order valence-electron chi connectivity index (χ0n) is 17.4. The molecule has 0 atom stereocenters. The molecule has 3 rings (SSSR count). The van der Waals surface area contributed by atoms with E-state index in [-0.39, 0.29) is 30.0 Å². The van der Waals surface area contributed by atoms with Crippen molar-refractivity contribution in [3.05, 3.63) is 70.3 Å². The molecule has 29 heavy (non-hydrogen) atoms. The van der Waals surface area contributed by atoms with E-state index in [4.69, 9.17) is 4.74 Å². The lowest BCUT2D eigenvalue weighted by molar-refractivity contribution is -0.133. The Morgan fingerprint density at radius 3 is 2.52 bits per heavy atom. The number of carbonyl (C=O) groups is 1. The maximum atomic E-state index is 12.7. The molecule has 6 heteroatoms. The van der Waals surface area contributed by atoms with E-state index in [2.05, 4.69) is 30.7 Å². The molecule has 0 aliphatic heterocycles. The van der Waals surface area contributed by atoms with Gasteiger partial charge < -0.3 is 14.6 Å². The van der Waals surface area contributed by atoms with E-state index in [0.717, 1.165) is 5.56 Å². The first-order valence-electron chi connectivity index (χ1n) is 9.77. The molecule has 0 fully saturated rings. The Balaban J connectivity index is 1.73. The smallest absolute Gasteiger partial charge is 0.260 e. The number of hydrogen-bond donors (Lipinski definition) is 1. The third kappa shape index (κ3) is 4.83. The lowest BCUT2D eigenvalue weighted by Crippen LogP contribution is -2.35. The van der Waals surface area contributed by atoms with Gasteiger partial charge in [-0.2, -0.15) is 0 Å². The van der Waals surface area contributed by atoms with Crippen molar-refractivity contribution in [2.75, 3.05) is 13.2 Å². The molecule has 152 valence electrons. The molecule has 1 heterocycles. The number of ether oxygens (including phenoxy) is 1. The van der Waals surface area contributed by atoms with Crippen LogP contribution in [0.5, 0.6) is 5.75 Å². The second-order valence-corrected chi connectivity index (χ2v) is 7.97. The van der Waals surface area contributed by atoms with Gasteiger partial charge in [-0.1, -0.05) is 51.1 Å². The number of carbonyl (C=O) groups excluding carboxylic acids is 1. The first-order valence-corrected chi connectivity index (χ1v) is 9.77. The summed E-state index contributed by atoms with van der Waals surface area (Å²) >= 11 is 0. The number of H-pyrrole nitrogens is 1. The zero-order valence-corrected chi connectivity index (χ0v) is 17.4. The number of fused-ring (bicyclic) bond motifs is 1. The fourth-order valence-electron chi connectivity index (χ4n) is 3.21. The molecular formula is C23H27N3O3. The maximum Gasteiger partial charge on any atom is 0.260 e. The molecule has 0 bridgehead atoms. The van der Waals surface area contributed by atoms with E-state index in [1.807, 2.05) is 37.3 Å². The summed E-state index contributed by atoms with van der Waals surface area (Å²) in [7, 11) is 0. The number of rotatable bonds is 6. The van der Waals surface area contributed by atoms with Crippen LogP contribution in [0.1, 0.15) is 39.1 Å². The van der Waals surface area contributed by atoms with Crippen LogP contribution < -0.4 is 10.3 Å². The normalized spacial score (nSPS) is 11.4. The topological polar surface area (TPSA) is 75.3 Å². The van der Waals surface area contributed by atoms with Gasteiger partial charge in [-0.05, 0) is 36.1 Å². The van der Waals surface area contributed by atoms with E-state index in [1.165, 1.54) is 0 Å². The Labute approximate surface area is 170 Å². The molecule has 0 radical (unpaired) electrons. The molecule has 1 amide bonds. The standard InChI is InChI=1S/C23H27N3O3/c1-5-26(14-20-24-18-12-8-6-10-16(18)22(28)25-20)21(27)15-29-19-13-9-7-11-17(19)23(2,3)4/h6-13H,5,14-15H2,1-4H3,(H,24,25,28). The van der Waals surface area contributed by atoms with Gasteiger partial charge in [0.2, 0.25) is 0 Å². The molecule has 1 aromatic heterocycles. The summed E-state index contributed by atoms with van der Waals surface area (Å²) in [4.78, 5) is 33.9. The summed E-state index contributed by atoms with van der Waals surface area (Å²) in [6.45, 7) is 8.85. The van der Waals surface area contributed by atoms with E-state index < -0.39 is 0 Å². The van der Waals surface area contributed by atoms with E-state index >= 15 is 0 Å². The van der Waals surface area contributed by atoms with Crippen LogP contribution in [0.3, 0.4) is 0 Å². The van der Waals surface area contributed by atoms with Crippen molar-refractivity contribution in [3.63, 3.8) is 0 Å². The molecule has 0 aliphatic carbocycles. The van der Waals surface area contributed by atoms with Gasteiger partial charge in [0.05, 0.1) is 17.4 Å². The van der Waals surface area contributed by atoms with E-state index in [0.29, 0.717) is 29.0 Å². The summed E-state index contributed by atoms with van der Waals surface area (Å²) in [5, 5.41) is 0.535. The van der Waals surface area contributed by atoms with Crippen molar-refractivity contribution < 1.29 is 9.53 Å². The molecule has 0 unspecified atom stereocenters. The number of nitrogens with one attached hydrogen (secondary N) is 1. The Bertz CT molecular complexity index is 1070. The van der Waals surface area contributed by atoms with Crippen molar-refractivity contribution in [2.45, 2.75) is 39.7 Å². The van der Waals surface area contributed by atoms with Gasteiger partial charge in [0.25, 0.3) is 11.5 Å². The molecule has 6 nitrogen and oxygen atoms in total. The van der Waals surface area contributed by atoms with Crippen LogP contribution in [-0.4, -0.2) is 33.9 Å². The number of amides is 1. The summed E-state index contributed by atoms with van der Waals surface area (Å²) in [6, 6.07) is 14.9. The minimum Gasteiger partial charge on any atom is -0.483 e. The molecule has 2 aromatic carbocycles. The van der Waals surface area contributed by atoms with Crippen LogP contribution in [0.4, 0.5) is 0 Å². The SMILES string of the molecule is CCN(Cc1nc2ccccc2c(=O)[nH]1)C(=O)COc1ccccc1C(C)(C)C. The number of para-hydroxylation sites is 2. The highest BCUT2D eigenvalue weighted by molar-refractivity contribution is 5.78. The fourth-order valence-corrected chi connectivity index (χ4v) is 3.21. The van der Waals surface area contributed by atoms with Crippen molar-refractivity contribution >= 4 is 16.8 Å². The predicted molar refractivity (Wildman–Crippen MR) is 114 cm³/mol. The minimum atomic E-state index is -0.204. The Morgan fingerprint density at radius 2 is 1.79 bits per heavy atom. The Kier molecular flexibility index (Phi) is 6.01. The predicted octanol–water partition coefficient (Wildman–Crippen LogP) is 3.65. The van der Waals surface area contributed by atoms with Crippen LogP contribution in [0.15, 0.2) is 53.3 Å². The summed E-state index contributed by atoms with van der Waals surface area (Å²) in [6.07, 6.45) is 0. The number of aromatic amines is 1. The number of aromatic nitrogens is 2. The highest BCUT2D eigenvalue weighted by Gasteiger charge is 2.20. The third-order valence-electron chi connectivity index (χ3n) is 4.78. The highest BCUT2D eigenvalue weighted by Crippen LogP contribution is 2.30. The van der Waals surface area contributed by atoms with Gasteiger partial charge in [-0.15, -0.1) is 0 Å². The zero-order chi connectivity index (χ0) is 21.0. The number of likely N-dealkylation sites (N-methyl/N-ethyl adjacent to an activating group) is 1. The van der Waals surface area contributed by atoms with Gasteiger partial charge >= 0.3 is 0 Å². The minimum absolute atomic E-state index is 0.0707. The monoisotopic (exact) mass is 393 g/mol. The van der Waals surface area contributed by atoms with Crippen molar-refractivity contribution in [1.82, 2.24) is 14.9 Å². The molecule has 1 N–H and O–H groups in total. The summed E-state index contributed by atoms with van der Waals surface area (Å²) < 4.78 is 5.86. The molecule has 0 saturated carbocycles. The second kappa shape index (κ2) is 8.47. The van der Waals surface area contributed by atoms with Crippen LogP contribution in [0.2, 0.25) is 0 Å². The fraction of sp³-hybridized carbons (Fsp3) is 0.348. The Hall–Kier alpha value is -3.15. The highest BCUT2D eigenvalue weighted by atomic mass is 16.5. The summed E-state index contributed by atoms with van der Waals surface area (Å²) in [5.74, 6) is 1.01. The van der Waals surface area contributed by atoms with Gasteiger partial charge in [0, 0.05) is 6.54 Å². The van der Waals surface area contributed by atoms with Crippen LogP contribution >= 0.6 is 0 Å². The number of hydrogen-bond acceptors (Lipinski definition) is 4. The quantitative estimate of drug-likeness (QED) is 0.694. The maximum absolute atomic E-state index is 12.7. The lowest BCUT2D eigenvalue weighted by atomic mass is 9.86. The molecule has 0 spiro atoms. The van der Waals surface area contributed by atoms with Crippen LogP contribution in [-0.2, 0) is 16.8 Å². The van der Waals surface area contributed by atoms with Crippen molar-refractivity contribution in [1.29, 1.82) is 0 Å².